The molecule has 0 spiro atoms. The number of esters is 1. The van der Waals surface area contributed by atoms with Gasteiger partial charge >= 0.3 is 5.97 Å². The van der Waals surface area contributed by atoms with Crippen LogP contribution in [0.15, 0.2) is 0 Å². The van der Waals surface area contributed by atoms with Crippen LogP contribution in [0, 0.1) is 11.3 Å². The molecule has 2 atom stereocenters. The minimum Gasteiger partial charge on any atom is -0.458 e. The van der Waals surface area contributed by atoms with Crippen LogP contribution < -0.4 is 0 Å². The first-order valence-electron chi connectivity index (χ1n) is 4.80. The van der Waals surface area contributed by atoms with E-state index in [4.69, 9.17) is 4.74 Å². The van der Waals surface area contributed by atoms with E-state index in [1.165, 1.54) is 0 Å². The number of alkyl halides is 1. The highest BCUT2D eigenvalue weighted by Crippen LogP contribution is 2.57. The van der Waals surface area contributed by atoms with Crippen molar-refractivity contribution >= 4 is 28.6 Å². The Hall–Kier alpha value is 0.200. The molecule has 0 amide bonds. The van der Waals surface area contributed by atoms with Crippen LogP contribution in [0.5, 0.6) is 0 Å². The number of ether oxygens (including phenoxy) is 1. The molecule has 74 valence electrons. The highest BCUT2D eigenvalue weighted by Gasteiger charge is 2.59. The van der Waals surface area contributed by atoms with Gasteiger partial charge in [0.15, 0.2) is 0 Å². The van der Waals surface area contributed by atoms with E-state index in [1.807, 2.05) is 0 Å². The van der Waals surface area contributed by atoms with E-state index in [0.717, 1.165) is 17.3 Å². The van der Waals surface area contributed by atoms with E-state index in [1.54, 1.807) is 0 Å². The summed E-state index contributed by atoms with van der Waals surface area (Å²) >= 11 is 2.34. The summed E-state index contributed by atoms with van der Waals surface area (Å²) in [5.41, 5.74) is 0.0235. The van der Waals surface area contributed by atoms with Gasteiger partial charge in [-0.05, 0) is 18.8 Å². The molecule has 1 aliphatic carbocycles. The summed E-state index contributed by atoms with van der Waals surface area (Å²) in [5.74, 6) is 0.557. The van der Waals surface area contributed by atoms with Gasteiger partial charge in [-0.1, -0.05) is 36.4 Å². The third-order valence-electron chi connectivity index (χ3n) is 4.03. The monoisotopic (exact) mass is 294 g/mol. The second-order valence-electron chi connectivity index (χ2n) is 4.76. The fourth-order valence-electron chi connectivity index (χ4n) is 2.73. The Morgan fingerprint density at radius 1 is 1.62 bits per heavy atom. The summed E-state index contributed by atoms with van der Waals surface area (Å²) in [5, 5.41) is 0. The standard InChI is InChI=1S/C10H15IO2/c1-9(2)7-3-4-10(9,6-11)13-8(12)5-7/h7H,3-6H2,1-2H3/t7-,10-/m1/s1. The van der Waals surface area contributed by atoms with Crippen LogP contribution in [0.1, 0.15) is 33.1 Å². The van der Waals surface area contributed by atoms with Gasteiger partial charge in [-0.3, -0.25) is 4.79 Å². The molecule has 0 N–H and O–H groups in total. The Morgan fingerprint density at radius 3 is 2.92 bits per heavy atom. The minimum absolute atomic E-state index is 0.0125. The summed E-state index contributed by atoms with van der Waals surface area (Å²) < 4.78 is 6.51. The molecule has 2 nitrogen and oxygen atoms in total. The predicted molar refractivity (Wildman–Crippen MR) is 58.8 cm³/mol. The lowest BCUT2D eigenvalue weighted by atomic mass is 9.70. The first kappa shape index (κ1) is 9.74. The van der Waals surface area contributed by atoms with E-state index in [9.17, 15) is 4.79 Å². The smallest absolute Gasteiger partial charge is 0.306 e. The number of rotatable bonds is 1. The van der Waals surface area contributed by atoms with Crippen molar-refractivity contribution < 1.29 is 9.53 Å². The van der Waals surface area contributed by atoms with Crippen molar-refractivity contribution in [2.24, 2.45) is 11.3 Å². The van der Waals surface area contributed by atoms with Gasteiger partial charge in [0.25, 0.3) is 0 Å². The zero-order valence-corrected chi connectivity index (χ0v) is 10.3. The molecule has 0 radical (unpaired) electrons. The highest BCUT2D eigenvalue weighted by molar-refractivity contribution is 14.1. The topological polar surface area (TPSA) is 26.3 Å². The normalized spacial score (nSPS) is 41.8. The van der Waals surface area contributed by atoms with E-state index >= 15 is 0 Å². The van der Waals surface area contributed by atoms with Crippen LogP contribution >= 0.6 is 22.6 Å². The van der Waals surface area contributed by atoms with E-state index in [-0.39, 0.29) is 17.0 Å². The molecule has 0 aromatic rings. The van der Waals surface area contributed by atoms with Gasteiger partial charge in [0.2, 0.25) is 0 Å². The van der Waals surface area contributed by atoms with Gasteiger partial charge in [-0.2, -0.15) is 0 Å². The van der Waals surface area contributed by atoms with E-state index in [2.05, 4.69) is 36.4 Å². The first-order chi connectivity index (χ1) is 6.02. The number of carbonyl (C=O) groups excluding carboxylic acids is 1. The molecule has 2 bridgehead atoms. The maximum Gasteiger partial charge on any atom is 0.306 e. The molecular weight excluding hydrogens is 279 g/mol. The van der Waals surface area contributed by atoms with E-state index < -0.39 is 0 Å². The van der Waals surface area contributed by atoms with Crippen LogP contribution in [0.4, 0.5) is 0 Å². The highest BCUT2D eigenvalue weighted by atomic mass is 127. The molecule has 13 heavy (non-hydrogen) atoms. The largest absolute Gasteiger partial charge is 0.458 e. The minimum atomic E-state index is -0.159. The molecule has 1 saturated heterocycles. The fraction of sp³-hybridized carbons (Fsp3) is 0.900. The van der Waals surface area contributed by atoms with Crippen molar-refractivity contribution in [2.45, 2.75) is 38.7 Å². The molecule has 1 heterocycles. The molecule has 0 aromatic carbocycles. The van der Waals surface area contributed by atoms with Crippen molar-refractivity contribution in [3.63, 3.8) is 0 Å². The van der Waals surface area contributed by atoms with Crippen molar-refractivity contribution in [3.8, 4) is 0 Å². The van der Waals surface area contributed by atoms with Crippen molar-refractivity contribution in [1.82, 2.24) is 0 Å². The molecule has 3 heteroatoms. The summed E-state index contributed by atoms with van der Waals surface area (Å²) in [4.78, 5) is 11.4. The third-order valence-corrected chi connectivity index (χ3v) is 5.26. The maximum atomic E-state index is 11.4. The average molecular weight is 294 g/mol. The Bertz CT molecular complexity index is 249. The maximum absolute atomic E-state index is 11.4. The molecule has 0 aromatic heterocycles. The molecule has 1 aliphatic heterocycles. The second kappa shape index (κ2) is 2.84. The Kier molecular flexibility index (Phi) is 2.13. The second-order valence-corrected chi connectivity index (χ2v) is 5.53. The first-order valence-corrected chi connectivity index (χ1v) is 6.32. The fourth-order valence-corrected chi connectivity index (χ4v) is 4.25. The predicted octanol–water partition coefficient (Wildman–Crippen LogP) is 2.54. The summed E-state index contributed by atoms with van der Waals surface area (Å²) in [6.07, 6.45) is 2.84. The lowest BCUT2D eigenvalue weighted by Crippen LogP contribution is -2.52. The van der Waals surface area contributed by atoms with Crippen LogP contribution in [-0.2, 0) is 9.53 Å². The molecule has 1 saturated carbocycles. The number of hydrogen-bond donors (Lipinski definition) is 0. The van der Waals surface area contributed by atoms with Crippen LogP contribution in [0.25, 0.3) is 0 Å². The van der Waals surface area contributed by atoms with Crippen molar-refractivity contribution in [1.29, 1.82) is 0 Å². The zero-order valence-electron chi connectivity index (χ0n) is 8.10. The quantitative estimate of drug-likeness (QED) is 0.422. The van der Waals surface area contributed by atoms with Crippen molar-refractivity contribution in [3.05, 3.63) is 0 Å². The Labute approximate surface area is 92.5 Å². The van der Waals surface area contributed by atoms with Gasteiger partial charge in [0.05, 0.1) is 0 Å². The third kappa shape index (κ3) is 1.15. The number of halogens is 1. The van der Waals surface area contributed by atoms with Crippen molar-refractivity contribution in [2.75, 3.05) is 4.43 Å². The SMILES string of the molecule is CC1(C)[C@@H]2CC[C@]1(CI)OC(=O)C2. The van der Waals surface area contributed by atoms with Crippen LogP contribution in [0.3, 0.4) is 0 Å². The van der Waals surface area contributed by atoms with Crippen LogP contribution in [-0.4, -0.2) is 16.0 Å². The van der Waals surface area contributed by atoms with Crippen LogP contribution in [0.2, 0.25) is 0 Å². The molecule has 2 aliphatic rings. The number of carbonyl (C=O) groups is 1. The molecule has 2 rings (SSSR count). The summed E-state index contributed by atoms with van der Waals surface area (Å²) in [7, 11) is 0. The number of hydrogen-bond acceptors (Lipinski definition) is 2. The summed E-state index contributed by atoms with van der Waals surface area (Å²) in [6.45, 7) is 4.49. The molecule has 0 unspecified atom stereocenters. The van der Waals surface area contributed by atoms with Gasteiger partial charge in [-0.15, -0.1) is 0 Å². The zero-order chi connectivity index (χ0) is 9.69. The van der Waals surface area contributed by atoms with Gasteiger partial charge in [0.1, 0.15) is 5.60 Å². The Morgan fingerprint density at radius 2 is 2.31 bits per heavy atom. The molecule has 2 fully saturated rings. The lowest BCUT2D eigenvalue weighted by molar-refractivity contribution is -0.180. The molecular formula is C10H15IO2. The number of fused-ring (bicyclic) bond motifs is 2. The Balaban J connectivity index is 2.37. The average Bonchev–Trinajstić information content (AvgIpc) is 2.23. The van der Waals surface area contributed by atoms with Gasteiger partial charge in [-0.25, -0.2) is 0 Å². The van der Waals surface area contributed by atoms with Gasteiger partial charge < -0.3 is 4.74 Å². The van der Waals surface area contributed by atoms with Gasteiger partial charge in [0, 0.05) is 16.3 Å². The van der Waals surface area contributed by atoms with E-state index in [0.29, 0.717) is 12.3 Å². The lowest BCUT2D eigenvalue weighted by Gasteiger charge is -2.45. The summed E-state index contributed by atoms with van der Waals surface area (Å²) in [6, 6.07) is 0.